The van der Waals surface area contributed by atoms with Crippen molar-refractivity contribution in [1.29, 1.82) is 0 Å². The summed E-state index contributed by atoms with van der Waals surface area (Å²) in [5.74, 6) is 0.908. The van der Waals surface area contributed by atoms with E-state index in [1.807, 2.05) is 24.5 Å². The van der Waals surface area contributed by atoms with Crippen molar-refractivity contribution in [2.24, 2.45) is 5.73 Å². The fourth-order valence-corrected chi connectivity index (χ4v) is 1.78. The summed E-state index contributed by atoms with van der Waals surface area (Å²) in [4.78, 5) is 4.27. The first-order valence-electron chi connectivity index (χ1n) is 5.86. The van der Waals surface area contributed by atoms with Gasteiger partial charge in [0.15, 0.2) is 0 Å². The number of rotatable bonds is 5. The van der Waals surface area contributed by atoms with Gasteiger partial charge in [-0.2, -0.15) is 0 Å². The average Bonchev–Trinajstić information content (AvgIpc) is 2.84. The highest BCUT2D eigenvalue weighted by molar-refractivity contribution is 5.30. The Hall–Kier alpha value is -1.81. The third-order valence-corrected chi connectivity index (χ3v) is 2.73. The molecule has 0 spiro atoms. The van der Waals surface area contributed by atoms with Gasteiger partial charge in [0.25, 0.3) is 0 Å². The minimum absolute atomic E-state index is 0.581. The van der Waals surface area contributed by atoms with Crippen LogP contribution in [-0.2, 0) is 19.6 Å². The number of imidazole rings is 1. The van der Waals surface area contributed by atoms with E-state index in [1.165, 1.54) is 5.56 Å². The van der Waals surface area contributed by atoms with Gasteiger partial charge in [-0.05, 0) is 18.1 Å². The van der Waals surface area contributed by atoms with Gasteiger partial charge in [-0.1, -0.05) is 24.3 Å². The molecule has 17 heavy (non-hydrogen) atoms. The number of aryl methyl sites for hydroxylation is 1. The van der Waals surface area contributed by atoms with E-state index in [2.05, 4.69) is 33.9 Å². The van der Waals surface area contributed by atoms with Gasteiger partial charge < -0.3 is 15.6 Å². The molecule has 0 aliphatic heterocycles. The van der Waals surface area contributed by atoms with Crippen molar-refractivity contribution in [3.05, 3.63) is 47.8 Å². The van der Waals surface area contributed by atoms with Gasteiger partial charge in [-0.3, -0.25) is 0 Å². The molecule has 0 saturated carbocycles. The van der Waals surface area contributed by atoms with Crippen LogP contribution in [0.4, 0.5) is 5.95 Å². The third-order valence-electron chi connectivity index (χ3n) is 2.73. The van der Waals surface area contributed by atoms with Gasteiger partial charge in [0.05, 0.1) is 0 Å². The zero-order valence-electron chi connectivity index (χ0n) is 10.1. The van der Waals surface area contributed by atoms with Crippen LogP contribution in [0.1, 0.15) is 18.1 Å². The summed E-state index contributed by atoms with van der Waals surface area (Å²) in [5, 5.41) is 3.32. The second kappa shape index (κ2) is 5.50. The van der Waals surface area contributed by atoms with Crippen molar-refractivity contribution in [1.82, 2.24) is 9.55 Å². The number of nitrogens with one attached hydrogen (secondary N) is 1. The molecule has 4 nitrogen and oxygen atoms in total. The Labute approximate surface area is 101 Å². The largest absolute Gasteiger partial charge is 0.352 e. The summed E-state index contributed by atoms with van der Waals surface area (Å²) < 4.78 is 2.08. The Balaban J connectivity index is 2.02. The van der Waals surface area contributed by atoms with E-state index in [9.17, 15) is 0 Å². The van der Waals surface area contributed by atoms with Crippen LogP contribution in [0.15, 0.2) is 36.7 Å². The first-order chi connectivity index (χ1) is 8.33. The van der Waals surface area contributed by atoms with Crippen LogP contribution in [0.25, 0.3) is 0 Å². The lowest BCUT2D eigenvalue weighted by Crippen LogP contribution is -2.07. The molecule has 0 fully saturated rings. The van der Waals surface area contributed by atoms with Crippen molar-refractivity contribution in [3.8, 4) is 0 Å². The fraction of sp³-hybridized carbons (Fsp3) is 0.308. The summed E-state index contributed by atoms with van der Waals surface area (Å²) >= 11 is 0. The van der Waals surface area contributed by atoms with Gasteiger partial charge in [0, 0.05) is 32.0 Å². The van der Waals surface area contributed by atoms with Crippen molar-refractivity contribution in [3.63, 3.8) is 0 Å². The molecule has 0 atom stereocenters. The van der Waals surface area contributed by atoms with Crippen molar-refractivity contribution >= 4 is 5.95 Å². The standard InChI is InChI=1S/C13H18N4/c1-2-17-7-6-15-13(17)16-10-12-5-3-4-11(8-12)9-14/h3-8H,2,9-10,14H2,1H3,(H,15,16). The number of hydrogen-bond donors (Lipinski definition) is 2. The maximum absolute atomic E-state index is 5.62. The molecule has 0 bridgehead atoms. The number of benzene rings is 1. The van der Waals surface area contributed by atoms with Gasteiger partial charge >= 0.3 is 0 Å². The summed E-state index contributed by atoms with van der Waals surface area (Å²) in [7, 11) is 0. The maximum Gasteiger partial charge on any atom is 0.203 e. The number of aromatic nitrogens is 2. The predicted molar refractivity (Wildman–Crippen MR) is 69.6 cm³/mol. The minimum atomic E-state index is 0.581. The van der Waals surface area contributed by atoms with Crippen molar-refractivity contribution < 1.29 is 0 Å². The van der Waals surface area contributed by atoms with Gasteiger partial charge in [-0.25, -0.2) is 4.98 Å². The zero-order valence-corrected chi connectivity index (χ0v) is 10.1. The molecule has 0 aliphatic rings. The van der Waals surface area contributed by atoms with Gasteiger partial charge in [0.1, 0.15) is 0 Å². The highest BCUT2D eigenvalue weighted by Crippen LogP contribution is 2.09. The van der Waals surface area contributed by atoms with E-state index in [0.717, 1.165) is 24.6 Å². The Morgan fingerprint density at radius 1 is 1.35 bits per heavy atom. The topological polar surface area (TPSA) is 55.9 Å². The van der Waals surface area contributed by atoms with Crippen LogP contribution in [0.2, 0.25) is 0 Å². The Kier molecular flexibility index (Phi) is 3.77. The molecule has 1 aromatic carbocycles. The second-order valence-electron chi connectivity index (χ2n) is 3.91. The predicted octanol–water partition coefficient (Wildman–Crippen LogP) is 1.97. The molecule has 0 aliphatic carbocycles. The first-order valence-corrected chi connectivity index (χ1v) is 5.86. The average molecular weight is 230 g/mol. The summed E-state index contributed by atoms with van der Waals surface area (Å²) in [5.41, 5.74) is 7.99. The Bertz CT molecular complexity index is 476. The monoisotopic (exact) mass is 230 g/mol. The smallest absolute Gasteiger partial charge is 0.203 e. The van der Waals surface area contributed by atoms with E-state index in [1.54, 1.807) is 0 Å². The molecule has 1 heterocycles. The normalized spacial score (nSPS) is 10.5. The summed E-state index contributed by atoms with van der Waals surface area (Å²) in [6, 6.07) is 8.28. The molecule has 2 rings (SSSR count). The highest BCUT2D eigenvalue weighted by Gasteiger charge is 2.00. The zero-order chi connectivity index (χ0) is 12.1. The lowest BCUT2D eigenvalue weighted by atomic mass is 10.1. The van der Waals surface area contributed by atoms with Gasteiger partial charge in [-0.15, -0.1) is 0 Å². The van der Waals surface area contributed by atoms with Gasteiger partial charge in [0.2, 0.25) is 5.95 Å². The lowest BCUT2D eigenvalue weighted by molar-refractivity contribution is 0.763. The first kappa shape index (κ1) is 11.7. The van der Waals surface area contributed by atoms with E-state index in [4.69, 9.17) is 5.73 Å². The molecular formula is C13H18N4. The lowest BCUT2D eigenvalue weighted by Gasteiger charge is -2.08. The molecule has 0 radical (unpaired) electrons. The molecular weight excluding hydrogens is 212 g/mol. The van der Waals surface area contributed by atoms with Crippen LogP contribution < -0.4 is 11.1 Å². The van der Waals surface area contributed by atoms with Crippen molar-refractivity contribution in [2.45, 2.75) is 26.6 Å². The molecule has 0 saturated heterocycles. The SMILES string of the molecule is CCn1ccnc1NCc1cccc(CN)c1. The second-order valence-corrected chi connectivity index (χ2v) is 3.91. The van der Waals surface area contributed by atoms with E-state index in [-0.39, 0.29) is 0 Å². The van der Waals surface area contributed by atoms with Crippen molar-refractivity contribution in [2.75, 3.05) is 5.32 Å². The maximum atomic E-state index is 5.62. The molecule has 3 N–H and O–H groups in total. The molecule has 90 valence electrons. The molecule has 1 aromatic heterocycles. The summed E-state index contributed by atoms with van der Waals surface area (Å²) in [6.45, 7) is 4.37. The van der Waals surface area contributed by atoms with Crippen LogP contribution in [-0.4, -0.2) is 9.55 Å². The van der Waals surface area contributed by atoms with Crippen LogP contribution in [0.3, 0.4) is 0 Å². The Morgan fingerprint density at radius 2 is 2.18 bits per heavy atom. The number of nitrogens with zero attached hydrogens (tertiary/aromatic N) is 2. The minimum Gasteiger partial charge on any atom is -0.352 e. The Morgan fingerprint density at radius 3 is 2.94 bits per heavy atom. The molecule has 2 aromatic rings. The third kappa shape index (κ3) is 2.85. The van der Waals surface area contributed by atoms with E-state index >= 15 is 0 Å². The number of anilines is 1. The van der Waals surface area contributed by atoms with E-state index < -0.39 is 0 Å². The summed E-state index contributed by atoms with van der Waals surface area (Å²) in [6.07, 6.45) is 3.78. The van der Waals surface area contributed by atoms with Crippen LogP contribution in [0, 0.1) is 0 Å². The van der Waals surface area contributed by atoms with Crippen LogP contribution in [0.5, 0.6) is 0 Å². The molecule has 4 heteroatoms. The van der Waals surface area contributed by atoms with Crippen LogP contribution >= 0.6 is 0 Å². The highest BCUT2D eigenvalue weighted by atomic mass is 15.2. The molecule has 0 unspecified atom stereocenters. The fourth-order valence-electron chi connectivity index (χ4n) is 1.78. The molecule has 0 amide bonds. The number of nitrogens with two attached hydrogens (primary N) is 1. The number of hydrogen-bond acceptors (Lipinski definition) is 3. The van der Waals surface area contributed by atoms with E-state index in [0.29, 0.717) is 6.54 Å². The quantitative estimate of drug-likeness (QED) is 0.825.